The van der Waals surface area contributed by atoms with Gasteiger partial charge in [0.25, 0.3) is 0 Å². The van der Waals surface area contributed by atoms with Crippen LogP contribution in [0.3, 0.4) is 0 Å². The molecule has 1 aliphatic heterocycles. The number of rotatable bonds is 7. The fraction of sp³-hybridized carbons (Fsp3) is 0.480. The standard InChI is InChI=1S/C25H32BrN3O4S/c1-33-24-10-6-5-9-23(24)27-15-17-28(18-16-27)25(30)19-29(21-7-3-2-4-8-21)34(31,32)22-13-11-20(26)12-14-22/h5-6,9-14,21H,2-4,7-8,15-19H2,1H3. The van der Waals surface area contributed by atoms with Crippen molar-refractivity contribution in [1.82, 2.24) is 9.21 Å². The highest BCUT2D eigenvalue weighted by molar-refractivity contribution is 9.10. The van der Waals surface area contributed by atoms with Gasteiger partial charge in [0.15, 0.2) is 0 Å². The van der Waals surface area contributed by atoms with Crippen molar-refractivity contribution >= 4 is 37.5 Å². The lowest BCUT2D eigenvalue weighted by Crippen LogP contribution is -2.53. The van der Waals surface area contributed by atoms with Crippen molar-refractivity contribution in [2.75, 3.05) is 44.7 Å². The number of ether oxygens (including phenoxy) is 1. The number of carbonyl (C=O) groups is 1. The number of halogens is 1. The lowest BCUT2D eigenvalue weighted by atomic mass is 9.95. The molecule has 0 bridgehead atoms. The first-order chi connectivity index (χ1) is 16.4. The highest BCUT2D eigenvalue weighted by Crippen LogP contribution is 2.30. The fourth-order valence-corrected chi connectivity index (χ4v) is 6.74. The van der Waals surface area contributed by atoms with E-state index in [-0.39, 0.29) is 23.4 Å². The molecule has 0 unspecified atom stereocenters. The van der Waals surface area contributed by atoms with Crippen LogP contribution in [-0.4, -0.2) is 69.4 Å². The van der Waals surface area contributed by atoms with Crippen LogP contribution in [0.2, 0.25) is 0 Å². The first kappa shape index (κ1) is 25.0. The maximum Gasteiger partial charge on any atom is 0.243 e. The Morgan fingerprint density at radius 1 is 1.00 bits per heavy atom. The monoisotopic (exact) mass is 549 g/mol. The minimum Gasteiger partial charge on any atom is -0.495 e. The first-order valence-electron chi connectivity index (χ1n) is 11.8. The number of amides is 1. The maximum atomic E-state index is 13.6. The van der Waals surface area contributed by atoms with E-state index in [0.29, 0.717) is 26.2 Å². The Hall–Kier alpha value is -2.10. The van der Waals surface area contributed by atoms with Gasteiger partial charge in [-0.05, 0) is 49.2 Å². The van der Waals surface area contributed by atoms with Crippen LogP contribution in [-0.2, 0) is 14.8 Å². The molecule has 4 rings (SSSR count). The van der Waals surface area contributed by atoms with Gasteiger partial charge in [0.05, 0.1) is 24.2 Å². The van der Waals surface area contributed by atoms with Gasteiger partial charge in [-0.15, -0.1) is 0 Å². The Morgan fingerprint density at radius 2 is 1.65 bits per heavy atom. The van der Waals surface area contributed by atoms with Gasteiger partial charge in [-0.2, -0.15) is 4.31 Å². The molecule has 1 heterocycles. The molecule has 2 aromatic rings. The van der Waals surface area contributed by atoms with E-state index >= 15 is 0 Å². The number of anilines is 1. The maximum absolute atomic E-state index is 13.6. The van der Waals surface area contributed by atoms with Gasteiger partial charge in [0.2, 0.25) is 15.9 Å². The van der Waals surface area contributed by atoms with Gasteiger partial charge >= 0.3 is 0 Å². The van der Waals surface area contributed by atoms with Crippen molar-refractivity contribution in [2.45, 2.75) is 43.0 Å². The lowest BCUT2D eigenvalue weighted by molar-refractivity contribution is -0.132. The van der Waals surface area contributed by atoms with Gasteiger partial charge in [-0.1, -0.05) is 47.3 Å². The molecule has 1 saturated carbocycles. The van der Waals surface area contributed by atoms with Gasteiger partial charge in [0.1, 0.15) is 5.75 Å². The average molecular weight is 551 g/mol. The summed E-state index contributed by atoms with van der Waals surface area (Å²) in [5.74, 6) is 0.678. The van der Waals surface area contributed by atoms with E-state index in [9.17, 15) is 13.2 Å². The third kappa shape index (κ3) is 5.58. The van der Waals surface area contributed by atoms with Crippen LogP contribution in [0.25, 0.3) is 0 Å². The Labute approximate surface area is 210 Å². The molecule has 9 heteroatoms. The summed E-state index contributed by atoms with van der Waals surface area (Å²) >= 11 is 3.37. The molecule has 1 aliphatic carbocycles. The summed E-state index contributed by atoms with van der Waals surface area (Å²) in [6.07, 6.45) is 4.68. The molecule has 1 saturated heterocycles. The summed E-state index contributed by atoms with van der Waals surface area (Å²) in [6, 6.07) is 14.4. The number of benzene rings is 2. The van der Waals surface area contributed by atoms with E-state index < -0.39 is 10.0 Å². The molecule has 2 fully saturated rings. The number of methoxy groups -OCH3 is 1. The number of carbonyl (C=O) groups excluding carboxylic acids is 1. The van der Waals surface area contributed by atoms with Gasteiger partial charge in [-0.3, -0.25) is 4.79 Å². The number of para-hydroxylation sites is 2. The number of hydrogen-bond donors (Lipinski definition) is 0. The normalized spacial score (nSPS) is 17.7. The predicted molar refractivity (Wildman–Crippen MR) is 137 cm³/mol. The Morgan fingerprint density at radius 3 is 2.29 bits per heavy atom. The van der Waals surface area contributed by atoms with Crippen molar-refractivity contribution in [3.8, 4) is 5.75 Å². The zero-order chi connectivity index (χ0) is 24.1. The molecule has 2 aliphatic rings. The van der Waals surface area contributed by atoms with Crippen LogP contribution in [0.4, 0.5) is 5.69 Å². The van der Waals surface area contributed by atoms with E-state index in [4.69, 9.17) is 4.74 Å². The van der Waals surface area contributed by atoms with Crippen molar-refractivity contribution in [2.24, 2.45) is 0 Å². The summed E-state index contributed by atoms with van der Waals surface area (Å²) in [4.78, 5) is 17.5. The Bertz CT molecular complexity index is 1080. The molecule has 0 atom stereocenters. The number of sulfonamides is 1. The molecule has 34 heavy (non-hydrogen) atoms. The highest BCUT2D eigenvalue weighted by Gasteiger charge is 2.35. The van der Waals surface area contributed by atoms with Gasteiger partial charge in [-0.25, -0.2) is 8.42 Å². The summed E-state index contributed by atoms with van der Waals surface area (Å²) in [5.41, 5.74) is 1.01. The molecule has 0 N–H and O–H groups in total. The number of hydrogen-bond acceptors (Lipinski definition) is 5. The largest absolute Gasteiger partial charge is 0.495 e. The number of nitrogens with zero attached hydrogens (tertiary/aromatic N) is 3. The summed E-state index contributed by atoms with van der Waals surface area (Å²) in [7, 11) is -2.12. The topological polar surface area (TPSA) is 70.2 Å². The van der Waals surface area contributed by atoms with Crippen molar-refractivity contribution in [3.63, 3.8) is 0 Å². The molecular formula is C25H32BrN3O4S. The minimum atomic E-state index is -3.78. The van der Waals surface area contributed by atoms with Crippen LogP contribution in [0.1, 0.15) is 32.1 Å². The van der Waals surface area contributed by atoms with Crippen LogP contribution < -0.4 is 9.64 Å². The molecule has 1 amide bonds. The molecule has 0 aromatic heterocycles. The van der Waals surface area contributed by atoms with E-state index in [1.807, 2.05) is 24.3 Å². The zero-order valence-corrected chi connectivity index (χ0v) is 21.9. The second-order valence-electron chi connectivity index (χ2n) is 8.84. The van der Waals surface area contributed by atoms with E-state index in [1.165, 1.54) is 4.31 Å². The average Bonchev–Trinajstić information content (AvgIpc) is 2.88. The Kier molecular flexibility index (Phi) is 8.16. The summed E-state index contributed by atoms with van der Waals surface area (Å²) < 4.78 is 34.9. The van der Waals surface area contributed by atoms with Crippen LogP contribution in [0.5, 0.6) is 5.75 Å². The van der Waals surface area contributed by atoms with Crippen molar-refractivity contribution in [3.05, 3.63) is 53.0 Å². The SMILES string of the molecule is COc1ccccc1N1CCN(C(=O)CN(C2CCCCC2)S(=O)(=O)c2ccc(Br)cc2)CC1. The fourth-order valence-electron chi connectivity index (χ4n) is 4.84. The van der Waals surface area contributed by atoms with Crippen molar-refractivity contribution < 1.29 is 17.9 Å². The van der Waals surface area contributed by atoms with Crippen LogP contribution >= 0.6 is 15.9 Å². The first-order valence-corrected chi connectivity index (χ1v) is 14.1. The second kappa shape index (κ2) is 11.1. The predicted octanol–water partition coefficient (Wildman–Crippen LogP) is 4.13. The third-order valence-corrected chi connectivity index (χ3v) is 9.19. The number of piperazine rings is 1. The Balaban J connectivity index is 1.47. The summed E-state index contributed by atoms with van der Waals surface area (Å²) in [6.45, 7) is 2.34. The third-order valence-electron chi connectivity index (χ3n) is 6.75. The molecule has 2 aromatic carbocycles. The van der Waals surface area contributed by atoms with Crippen LogP contribution in [0, 0.1) is 0 Å². The van der Waals surface area contributed by atoms with Gasteiger partial charge < -0.3 is 14.5 Å². The van der Waals surface area contributed by atoms with E-state index in [2.05, 4.69) is 20.8 Å². The smallest absolute Gasteiger partial charge is 0.243 e. The molecule has 0 radical (unpaired) electrons. The van der Waals surface area contributed by atoms with Crippen LogP contribution in [0.15, 0.2) is 57.9 Å². The molecule has 184 valence electrons. The quantitative estimate of drug-likeness (QED) is 0.519. The molecular weight excluding hydrogens is 518 g/mol. The molecule has 7 nitrogen and oxygen atoms in total. The van der Waals surface area contributed by atoms with E-state index in [1.54, 1.807) is 36.3 Å². The van der Waals surface area contributed by atoms with Crippen molar-refractivity contribution in [1.29, 1.82) is 0 Å². The van der Waals surface area contributed by atoms with Gasteiger partial charge in [0, 0.05) is 36.7 Å². The lowest BCUT2D eigenvalue weighted by Gasteiger charge is -2.38. The van der Waals surface area contributed by atoms with E-state index in [0.717, 1.165) is 48.0 Å². The molecule has 0 spiro atoms. The summed E-state index contributed by atoms with van der Waals surface area (Å²) in [5, 5.41) is 0. The highest BCUT2D eigenvalue weighted by atomic mass is 79.9. The minimum absolute atomic E-state index is 0.113. The second-order valence-corrected chi connectivity index (χ2v) is 11.6. The zero-order valence-electron chi connectivity index (χ0n) is 19.5.